The molecule has 1 aliphatic carbocycles. The lowest BCUT2D eigenvalue weighted by Crippen LogP contribution is -2.51. The van der Waals surface area contributed by atoms with E-state index in [1.165, 1.54) is 18.6 Å². The molecule has 162 valence electrons. The Hall–Kier alpha value is -1.55. The van der Waals surface area contributed by atoms with E-state index in [-0.39, 0.29) is 36.0 Å². The van der Waals surface area contributed by atoms with Crippen molar-refractivity contribution < 1.29 is 27.4 Å². The van der Waals surface area contributed by atoms with Gasteiger partial charge < -0.3 is 15.2 Å². The van der Waals surface area contributed by atoms with Gasteiger partial charge in [-0.2, -0.15) is 0 Å². The molecule has 2 aliphatic rings. The number of hydrogen-bond donors (Lipinski definition) is 3. The van der Waals surface area contributed by atoms with E-state index in [0.29, 0.717) is 12.8 Å². The molecule has 3 atom stereocenters. The average Bonchev–Trinajstić information content (AvgIpc) is 2.70. The van der Waals surface area contributed by atoms with Gasteiger partial charge in [0, 0.05) is 6.04 Å². The van der Waals surface area contributed by atoms with Crippen LogP contribution in [0.4, 0.5) is 4.39 Å². The molecule has 0 bridgehead atoms. The predicted octanol–water partition coefficient (Wildman–Crippen LogP) is 1.85. The number of aliphatic hydroxyl groups is 1. The third-order valence-electron chi connectivity index (χ3n) is 5.61. The molecule has 1 aromatic carbocycles. The zero-order chi connectivity index (χ0) is 20.9. The van der Waals surface area contributed by atoms with Crippen LogP contribution < -0.4 is 10.0 Å². The number of nitrogens with one attached hydrogen (secondary N) is 2. The fourth-order valence-corrected chi connectivity index (χ4v) is 5.34. The number of aliphatic hydroxyl groups excluding tert-OH is 1. The van der Waals surface area contributed by atoms with Crippen LogP contribution >= 0.6 is 0 Å². The van der Waals surface area contributed by atoms with E-state index in [9.17, 15) is 22.7 Å². The summed E-state index contributed by atoms with van der Waals surface area (Å²) in [5, 5.41) is 12.7. The van der Waals surface area contributed by atoms with E-state index in [2.05, 4.69) is 10.0 Å². The van der Waals surface area contributed by atoms with Gasteiger partial charge in [0.25, 0.3) is 0 Å². The van der Waals surface area contributed by atoms with Crippen LogP contribution in [0, 0.1) is 5.82 Å². The van der Waals surface area contributed by atoms with Crippen molar-refractivity contribution in [2.45, 2.75) is 80.6 Å². The summed E-state index contributed by atoms with van der Waals surface area (Å²) in [5.41, 5.74) is 0. The Balaban J connectivity index is 1.53. The molecular weight excluding hydrogens is 399 g/mol. The number of hydrogen-bond acceptors (Lipinski definition) is 5. The largest absolute Gasteiger partial charge is 0.394 e. The quantitative estimate of drug-likeness (QED) is 0.615. The second-order valence-corrected chi connectivity index (χ2v) is 9.56. The SMILES string of the molecule is O=C(C[C@H]1CC[C@H](NS(=O)(=O)c2ccc(F)cc2)[C@@H](CO)O1)NC1CCCCC1. The molecular formula is C20H29FN2O5S. The molecule has 1 heterocycles. The summed E-state index contributed by atoms with van der Waals surface area (Å²) in [4.78, 5) is 12.3. The third kappa shape index (κ3) is 6.21. The van der Waals surface area contributed by atoms with Crippen LogP contribution in [0.15, 0.2) is 29.2 Å². The first-order valence-corrected chi connectivity index (χ1v) is 11.7. The average molecular weight is 429 g/mol. The lowest BCUT2D eigenvalue weighted by atomic mass is 9.94. The third-order valence-corrected chi connectivity index (χ3v) is 7.12. The maximum atomic E-state index is 13.0. The Morgan fingerprint density at radius 1 is 1.10 bits per heavy atom. The first-order valence-electron chi connectivity index (χ1n) is 10.2. The van der Waals surface area contributed by atoms with Gasteiger partial charge in [0.2, 0.25) is 15.9 Å². The van der Waals surface area contributed by atoms with E-state index >= 15 is 0 Å². The number of ether oxygens (including phenoxy) is 1. The van der Waals surface area contributed by atoms with E-state index in [0.717, 1.165) is 37.8 Å². The summed E-state index contributed by atoms with van der Waals surface area (Å²) in [6.07, 6.45) is 5.52. The molecule has 0 unspecified atom stereocenters. The van der Waals surface area contributed by atoms with Gasteiger partial charge in [-0.1, -0.05) is 19.3 Å². The van der Waals surface area contributed by atoms with E-state index in [1.54, 1.807) is 0 Å². The van der Waals surface area contributed by atoms with Crippen molar-refractivity contribution in [1.29, 1.82) is 0 Å². The predicted molar refractivity (Wildman–Crippen MR) is 105 cm³/mol. The number of benzene rings is 1. The molecule has 7 nitrogen and oxygen atoms in total. The highest BCUT2D eigenvalue weighted by Crippen LogP contribution is 2.24. The van der Waals surface area contributed by atoms with Gasteiger partial charge in [-0.25, -0.2) is 17.5 Å². The van der Waals surface area contributed by atoms with Crippen molar-refractivity contribution in [3.8, 4) is 0 Å². The van der Waals surface area contributed by atoms with E-state index in [1.807, 2.05) is 0 Å². The van der Waals surface area contributed by atoms with Crippen LogP contribution in [0.5, 0.6) is 0 Å². The number of carbonyl (C=O) groups excluding carboxylic acids is 1. The molecule has 1 aromatic rings. The molecule has 0 spiro atoms. The highest BCUT2D eigenvalue weighted by Gasteiger charge is 2.35. The molecule has 1 aliphatic heterocycles. The van der Waals surface area contributed by atoms with Gasteiger partial charge >= 0.3 is 0 Å². The molecule has 3 N–H and O–H groups in total. The number of rotatable bonds is 7. The standard InChI is InChI=1S/C20H29FN2O5S/c21-14-6-9-17(10-7-14)29(26,27)23-18-11-8-16(28-19(18)13-24)12-20(25)22-15-4-2-1-3-5-15/h6-7,9-10,15-16,18-19,23-24H,1-5,8,11-13H2,(H,22,25)/t16-,18+,19-/m1/s1. The minimum Gasteiger partial charge on any atom is -0.394 e. The summed E-state index contributed by atoms with van der Waals surface area (Å²) in [5.74, 6) is -0.587. The molecule has 1 amide bonds. The number of carbonyl (C=O) groups is 1. The second kappa shape index (κ2) is 9.97. The summed E-state index contributed by atoms with van der Waals surface area (Å²) >= 11 is 0. The van der Waals surface area contributed by atoms with Crippen molar-refractivity contribution in [2.24, 2.45) is 0 Å². The fraction of sp³-hybridized carbons (Fsp3) is 0.650. The lowest BCUT2D eigenvalue weighted by molar-refractivity contribution is -0.131. The van der Waals surface area contributed by atoms with Crippen LogP contribution in [-0.2, 0) is 19.6 Å². The number of halogens is 1. The summed E-state index contributed by atoms with van der Waals surface area (Å²) in [6, 6.07) is 4.14. The smallest absolute Gasteiger partial charge is 0.240 e. The first-order chi connectivity index (χ1) is 13.9. The van der Waals surface area contributed by atoms with Gasteiger partial charge in [-0.3, -0.25) is 4.79 Å². The summed E-state index contributed by atoms with van der Waals surface area (Å²) in [6.45, 7) is -0.364. The topological polar surface area (TPSA) is 105 Å². The summed E-state index contributed by atoms with van der Waals surface area (Å²) < 4.78 is 46.4. The highest BCUT2D eigenvalue weighted by molar-refractivity contribution is 7.89. The molecule has 0 radical (unpaired) electrons. The highest BCUT2D eigenvalue weighted by atomic mass is 32.2. The summed E-state index contributed by atoms with van der Waals surface area (Å²) in [7, 11) is -3.87. The van der Waals surface area contributed by atoms with Crippen LogP contribution in [0.25, 0.3) is 0 Å². The van der Waals surface area contributed by atoms with Crippen LogP contribution in [0.1, 0.15) is 51.4 Å². The van der Waals surface area contributed by atoms with Gasteiger partial charge in [-0.15, -0.1) is 0 Å². The van der Waals surface area contributed by atoms with Crippen molar-refractivity contribution in [3.63, 3.8) is 0 Å². The van der Waals surface area contributed by atoms with Gasteiger partial charge in [-0.05, 0) is 49.9 Å². The normalized spacial score (nSPS) is 26.2. The maximum Gasteiger partial charge on any atom is 0.240 e. The molecule has 1 saturated heterocycles. The van der Waals surface area contributed by atoms with Crippen molar-refractivity contribution in [1.82, 2.24) is 10.0 Å². The second-order valence-electron chi connectivity index (χ2n) is 7.84. The maximum absolute atomic E-state index is 13.0. The van der Waals surface area contributed by atoms with Crippen LogP contribution in [0.3, 0.4) is 0 Å². The molecule has 1 saturated carbocycles. The molecule has 2 fully saturated rings. The first kappa shape index (κ1) is 22.1. The Morgan fingerprint density at radius 3 is 2.45 bits per heavy atom. The molecule has 0 aromatic heterocycles. The number of sulfonamides is 1. The zero-order valence-electron chi connectivity index (χ0n) is 16.3. The van der Waals surface area contributed by atoms with Crippen LogP contribution in [-0.4, -0.2) is 50.3 Å². The van der Waals surface area contributed by atoms with Crippen molar-refractivity contribution in [2.75, 3.05) is 6.61 Å². The van der Waals surface area contributed by atoms with E-state index in [4.69, 9.17) is 4.74 Å². The lowest BCUT2D eigenvalue weighted by Gasteiger charge is -2.36. The van der Waals surface area contributed by atoms with Crippen molar-refractivity contribution >= 4 is 15.9 Å². The van der Waals surface area contributed by atoms with Gasteiger partial charge in [0.1, 0.15) is 5.82 Å². The minimum absolute atomic E-state index is 0.0513. The Labute approximate surface area is 171 Å². The number of amides is 1. The molecule has 29 heavy (non-hydrogen) atoms. The molecule has 9 heteroatoms. The fourth-order valence-electron chi connectivity index (χ4n) is 4.04. The van der Waals surface area contributed by atoms with E-state index < -0.39 is 28.0 Å². The Bertz CT molecular complexity index is 781. The minimum atomic E-state index is -3.87. The van der Waals surface area contributed by atoms with Crippen LogP contribution in [0.2, 0.25) is 0 Å². The Kier molecular flexibility index (Phi) is 7.61. The zero-order valence-corrected chi connectivity index (χ0v) is 17.2. The van der Waals surface area contributed by atoms with Gasteiger partial charge in [0.05, 0.1) is 36.2 Å². The molecule has 3 rings (SSSR count). The van der Waals surface area contributed by atoms with Crippen molar-refractivity contribution in [3.05, 3.63) is 30.1 Å². The Morgan fingerprint density at radius 2 is 1.79 bits per heavy atom. The van der Waals surface area contributed by atoms with Gasteiger partial charge in [0.15, 0.2) is 0 Å². The monoisotopic (exact) mass is 428 g/mol.